The van der Waals surface area contributed by atoms with Crippen molar-refractivity contribution in [2.45, 2.75) is 13.0 Å². The zero-order valence-electron chi connectivity index (χ0n) is 13.4. The highest BCUT2D eigenvalue weighted by Crippen LogP contribution is 2.21. The SMILES string of the molecule is NC(=O)CCN(Cc1ccccc1)C(=O)c1cc(-c2ccco2)on1. The first-order valence-corrected chi connectivity index (χ1v) is 7.75. The van der Waals surface area contributed by atoms with Gasteiger partial charge in [0, 0.05) is 25.6 Å². The fourth-order valence-corrected chi connectivity index (χ4v) is 2.37. The molecule has 0 aliphatic rings. The Morgan fingerprint density at radius 3 is 2.56 bits per heavy atom. The molecule has 2 heterocycles. The van der Waals surface area contributed by atoms with Gasteiger partial charge < -0.3 is 19.6 Å². The van der Waals surface area contributed by atoms with Crippen molar-refractivity contribution >= 4 is 11.8 Å². The number of primary amides is 1. The second kappa shape index (κ2) is 7.48. The minimum Gasteiger partial charge on any atom is -0.461 e. The minimum absolute atomic E-state index is 0.0709. The summed E-state index contributed by atoms with van der Waals surface area (Å²) < 4.78 is 10.4. The molecule has 0 saturated carbocycles. The van der Waals surface area contributed by atoms with Crippen molar-refractivity contribution in [3.05, 3.63) is 66.1 Å². The van der Waals surface area contributed by atoms with E-state index in [9.17, 15) is 9.59 Å². The second-order valence-electron chi connectivity index (χ2n) is 5.48. The van der Waals surface area contributed by atoms with Gasteiger partial charge in [0.25, 0.3) is 5.91 Å². The molecule has 25 heavy (non-hydrogen) atoms. The fourth-order valence-electron chi connectivity index (χ4n) is 2.37. The van der Waals surface area contributed by atoms with Crippen molar-refractivity contribution in [1.29, 1.82) is 0 Å². The highest BCUT2D eigenvalue weighted by Gasteiger charge is 2.21. The van der Waals surface area contributed by atoms with Crippen LogP contribution in [0, 0.1) is 0 Å². The lowest BCUT2D eigenvalue weighted by molar-refractivity contribution is -0.118. The third kappa shape index (κ3) is 4.14. The maximum atomic E-state index is 12.8. The number of rotatable bonds is 7. The van der Waals surface area contributed by atoms with Gasteiger partial charge in [0.15, 0.2) is 11.5 Å². The molecule has 2 N–H and O–H groups in total. The molecule has 0 radical (unpaired) electrons. The highest BCUT2D eigenvalue weighted by atomic mass is 16.5. The van der Waals surface area contributed by atoms with Crippen LogP contribution in [0.1, 0.15) is 22.5 Å². The largest absolute Gasteiger partial charge is 0.461 e. The molecular formula is C18H17N3O4. The minimum atomic E-state index is -0.470. The van der Waals surface area contributed by atoms with E-state index < -0.39 is 5.91 Å². The first-order chi connectivity index (χ1) is 12.1. The van der Waals surface area contributed by atoms with Gasteiger partial charge in [-0.3, -0.25) is 9.59 Å². The number of carbonyl (C=O) groups is 2. The van der Waals surface area contributed by atoms with Crippen LogP contribution >= 0.6 is 0 Å². The third-order valence-corrected chi connectivity index (χ3v) is 3.62. The van der Waals surface area contributed by atoms with Crippen LogP contribution < -0.4 is 5.73 Å². The molecule has 0 spiro atoms. The van der Waals surface area contributed by atoms with Gasteiger partial charge in [-0.15, -0.1) is 0 Å². The number of carbonyl (C=O) groups excluding carboxylic acids is 2. The summed E-state index contributed by atoms with van der Waals surface area (Å²) in [4.78, 5) is 25.4. The molecular weight excluding hydrogens is 322 g/mol. The van der Waals surface area contributed by atoms with Crippen LogP contribution in [0.15, 0.2) is 63.7 Å². The van der Waals surface area contributed by atoms with E-state index in [0.717, 1.165) is 5.56 Å². The van der Waals surface area contributed by atoms with E-state index in [-0.39, 0.29) is 24.6 Å². The molecule has 0 saturated heterocycles. The monoisotopic (exact) mass is 339 g/mol. The Hall–Kier alpha value is -3.35. The van der Waals surface area contributed by atoms with Crippen molar-refractivity contribution in [1.82, 2.24) is 10.1 Å². The maximum absolute atomic E-state index is 12.8. The summed E-state index contributed by atoms with van der Waals surface area (Å²) in [5, 5.41) is 3.82. The molecule has 2 aromatic heterocycles. The van der Waals surface area contributed by atoms with Crippen LogP contribution in [0.2, 0.25) is 0 Å². The average Bonchev–Trinajstić information content (AvgIpc) is 3.29. The Balaban J connectivity index is 1.79. The second-order valence-corrected chi connectivity index (χ2v) is 5.48. The van der Waals surface area contributed by atoms with Gasteiger partial charge in [0.2, 0.25) is 11.7 Å². The van der Waals surface area contributed by atoms with Crippen molar-refractivity contribution in [2.24, 2.45) is 5.73 Å². The molecule has 0 fully saturated rings. The van der Waals surface area contributed by atoms with Gasteiger partial charge in [-0.05, 0) is 17.7 Å². The Morgan fingerprint density at radius 1 is 1.08 bits per heavy atom. The molecule has 3 aromatic rings. The smallest absolute Gasteiger partial charge is 0.276 e. The summed E-state index contributed by atoms with van der Waals surface area (Å²) >= 11 is 0. The van der Waals surface area contributed by atoms with Crippen molar-refractivity contribution < 1.29 is 18.5 Å². The van der Waals surface area contributed by atoms with E-state index in [1.54, 1.807) is 12.1 Å². The predicted molar refractivity (Wildman–Crippen MR) is 89.2 cm³/mol. The Morgan fingerprint density at radius 2 is 1.88 bits per heavy atom. The summed E-state index contributed by atoms with van der Waals surface area (Å²) in [6, 6.07) is 14.4. The van der Waals surface area contributed by atoms with Crippen LogP contribution in [0.5, 0.6) is 0 Å². The summed E-state index contributed by atoms with van der Waals surface area (Å²) in [7, 11) is 0. The molecule has 0 unspecified atom stereocenters. The molecule has 1 aromatic carbocycles. The number of amides is 2. The molecule has 2 amide bonds. The molecule has 0 aliphatic carbocycles. The van der Waals surface area contributed by atoms with E-state index in [4.69, 9.17) is 14.7 Å². The Bertz CT molecular complexity index is 840. The molecule has 7 heteroatoms. The van der Waals surface area contributed by atoms with Gasteiger partial charge in [0.05, 0.1) is 6.26 Å². The van der Waals surface area contributed by atoms with Crippen LogP contribution in [0.25, 0.3) is 11.5 Å². The Labute approximate surface area is 144 Å². The molecule has 0 atom stereocenters. The normalized spacial score (nSPS) is 10.6. The molecule has 3 rings (SSSR count). The van der Waals surface area contributed by atoms with E-state index in [1.165, 1.54) is 17.2 Å². The van der Waals surface area contributed by atoms with E-state index in [1.807, 2.05) is 30.3 Å². The van der Waals surface area contributed by atoms with Gasteiger partial charge in [0.1, 0.15) is 0 Å². The van der Waals surface area contributed by atoms with Gasteiger partial charge in [-0.2, -0.15) is 0 Å². The van der Waals surface area contributed by atoms with Crippen LogP contribution in [-0.2, 0) is 11.3 Å². The number of hydrogen-bond donors (Lipinski definition) is 1. The summed E-state index contributed by atoms with van der Waals surface area (Å²) in [5.74, 6) is 0.0372. The number of hydrogen-bond acceptors (Lipinski definition) is 5. The first-order valence-electron chi connectivity index (χ1n) is 7.75. The first kappa shape index (κ1) is 16.5. The van der Waals surface area contributed by atoms with E-state index in [0.29, 0.717) is 18.1 Å². The summed E-state index contributed by atoms with van der Waals surface area (Å²) in [5.41, 5.74) is 6.30. The number of aromatic nitrogens is 1. The number of nitrogens with zero attached hydrogens (tertiary/aromatic N) is 2. The number of nitrogens with two attached hydrogens (primary N) is 1. The van der Waals surface area contributed by atoms with Gasteiger partial charge in [-0.25, -0.2) is 0 Å². The van der Waals surface area contributed by atoms with Gasteiger partial charge >= 0.3 is 0 Å². The third-order valence-electron chi connectivity index (χ3n) is 3.62. The molecule has 7 nitrogen and oxygen atoms in total. The molecule has 0 bridgehead atoms. The lowest BCUT2D eigenvalue weighted by Crippen LogP contribution is -2.33. The lowest BCUT2D eigenvalue weighted by atomic mass is 10.2. The van der Waals surface area contributed by atoms with Crippen LogP contribution in [-0.4, -0.2) is 28.4 Å². The topological polar surface area (TPSA) is 103 Å². The summed E-state index contributed by atoms with van der Waals surface area (Å²) in [6.07, 6.45) is 1.58. The van der Waals surface area contributed by atoms with Crippen molar-refractivity contribution in [3.63, 3.8) is 0 Å². The zero-order valence-corrected chi connectivity index (χ0v) is 13.4. The fraction of sp³-hybridized carbons (Fsp3) is 0.167. The standard InChI is InChI=1S/C18H17N3O4/c19-17(22)8-9-21(12-13-5-2-1-3-6-13)18(23)14-11-16(25-20-14)15-7-4-10-24-15/h1-7,10-11H,8-9,12H2,(H2,19,22). The van der Waals surface area contributed by atoms with Crippen LogP contribution in [0.4, 0.5) is 0 Å². The molecule has 0 aliphatic heterocycles. The lowest BCUT2D eigenvalue weighted by Gasteiger charge is -2.21. The number of furan rings is 1. The summed E-state index contributed by atoms with van der Waals surface area (Å²) in [6.45, 7) is 0.544. The van der Waals surface area contributed by atoms with Crippen LogP contribution in [0.3, 0.4) is 0 Å². The maximum Gasteiger partial charge on any atom is 0.276 e. The predicted octanol–water partition coefficient (Wildman–Crippen LogP) is 2.45. The quantitative estimate of drug-likeness (QED) is 0.712. The van der Waals surface area contributed by atoms with E-state index >= 15 is 0 Å². The Kier molecular flexibility index (Phi) is 4.94. The zero-order chi connectivity index (χ0) is 17.6. The van der Waals surface area contributed by atoms with Crippen molar-refractivity contribution in [3.8, 4) is 11.5 Å². The average molecular weight is 339 g/mol. The van der Waals surface area contributed by atoms with E-state index in [2.05, 4.69) is 5.16 Å². The number of benzene rings is 1. The molecule has 128 valence electrons. The van der Waals surface area contributed by atoms with Crippen molar-refractivity contribution in [2.75, 3.05) is 6.54 Å². The van der Waals surface area contributed by atoms with Gasteiger partial charge in [-0.1, -0.05) is 35.5 Å². The highest BCUT2D eigenvalue weighted by molar-refractivity contribution is 5.93.